The molecule has 0 amide bonds. The Hall–Kier alpha value is -3.56. The van der Waals surface area contributed by atoms with Crippen molar-refractivity contribution in [1.82, 2.24) is 9.97 Å². The summed E-state index contributed by atoms with van der Waals surface area (Å²) in [5, 5.41) is 0. The average Bonchev–Trinajstić information content (AvgIpc) is 3.21. The fourth-order valence-corrected chi connectivity index (χ4v) is 3.26. The minimum atomic E-state index is -0.624. The number of aromatic amines is 2. The van der Waals surface area contributed by atoms with E-state index in [0.29, 0.717) is 33.6 Å². The van der Waals surface area contributed by atoms with Crippen LogP contribution in [0.4, 0.5) is 0 Å². The van der Waals surface area contributed by atoms with Crippen molar-refractivity contribution < 1.29 is 38.1 Å². The molecule has 2 heterocycles. The van der Waals surface area contributed by atoms with Crippen molar-refractivity contribution in [3.8, 4) is 0 Å². The second-order valence-electron chi connectivity index (χ2n) is 6.86. The molecule has 0 aromatic carbocycles. The molecule has 2 N–H and O–H groups in total. The Morgan fingerprint density at radius 1 is 0.645 bits per heavy atom. The van der Waals surface area contributed by atoms with E-state index in [4.69, 9.17) is 18.9 Å². The summed E-state index contributed by atoms with van der Waals surface area (Å²) in [5.74, 6) is -2.33. The molecule has 2 aromatic rings. The minimum absolute atomic E-state index is 0.00727. The molecular weight excluding hydrogens is 408 g/mol. The molecule has 0 atom stereocenters. The van der Waals surface area contributed by atoms with E-state index in [0.717, 1.165) is 0 Å². The third kappa shape index (κ3) is 4.96. The molecule has 0 saturated carbocycles. The second-order valence-corrected chi connectivity index (χ2v) is 6.86. The van der Waals surface area contributed by atoms with E-state index >= 15 is 0 Å². The molecule has 0 aliphatic heterocycles. The smallest absolute Gasteiger partial charge is 0.355 e. The van der Waals surface area contributed by atoms with Crippen LogP contribution in [0.1, 0.15) is 70.6 Å². The van der Waals surface area contributed by atoms with Gasteiger partial charge < -0.3 is 28.9 Å². The summed E-state index contributed by atoms with van der Waals surface area (Å²) >= 11 is 0. The molecular formula is C21H26N2O8. The molecule has 0 saturated heterocycles. The van der Waals surface area contributed by atoms with E-state index in [1.807, 2.05) is 0 Å². The van der Waals surface area contributed by atoms with Crippen molar-refractivity contribution in [2.24, 2.45) is 0 Å². The van der Waals surface area contributed by atoms with Gasteiger partial charge in [-0.05, 0) is 38.8 Å². The van der Waals surface area contributed by atoms with Gasteiger partial charge in [0.05, 0.1) is 38.6 Å². The molecule has 0 bridgehead atoms. The summed E-state index contributed by atoms with van der Waals surface area (Å²) in [7, 11) is 2.53. The number of carbonyl (C=O) groups excluding carboxylic acids is 4. The zero-order valence-electron chi connectivity index (χ0n) is 18.4. The summed E-state index contributed by atoms with van der Waals surface area (Å²) in [5.41, 5.74) is 2.84. The first-order valence-electron chi connectivity index (χ1n) is 9.53. The Morgan fingerprint density at radius 2 is 1.00 bits per heavy atom. The topological polar surface area (TPSA) is 137 Å². The van der Waals surface area contributed by atoms with Crippen LogP contribution < -0.4 is 0 Å². The highest BCUT2D eigenvalue weighted by Gasteiger charge is 2.24. The highest BCUT2D eigenvalue weighted by Crippen LogP contribution is 2.21. The summed E-state index contributed by atoms with van der Waals surface area (Å²) < 4.78 is 19.8. The van der Waals surface area contributed by atoms with Crippen molar-refractivity contribution in [3.63, 3.8) is 0 Å². The number of aromatic nitrogens is 2. The van der Waals surface area contributed by atoms with Gasteiger partial charge in [0.15, 0.2) is 0 Å². The van der Waals surface area contributed by atoms with Gasteiger partial charge in [0, 0.05) is 17.8 Å². The highest BCUT2D eigenvalue weighted by molar-refractivity contribution is 5.99. The lowest BCUT2D eigenvalue weighted by Gasteiger charge is -2.06. The van der Waals surface area contributed by atoms with Crippen molar-refractivity contribution >= 4 is 23.9 Å². The van der Waals surface area contributed by atoms with E-state index in [2.05, 4.69) is 9.97 Å². The van der Waals surface area contributed by atoms with Crippen LogP contribution in [0.2, 0.25) is 0 Å². The maximum absolute atomic E-state index is 12.3. The summed E-state index contributed by atoms with van der Waals surface area (Å²) in [6, 6.07) is 0. The first-order valence-corrected chi connectivity index (χ1v) is 9.53. The molecule has 31 heavy (non-hydrogen) atoms. The average molecular weight is 434 g/mol. The number of methoxy groups -OCH3 is 2. The van der Waals surface area contributed by atoms with E-state index in [1.165, 1.54) is 14.2 Å². The van der Waals surface area contributed by atoms with E-state index < -0.39 is 23.9 Å². The van der Waals surface area contributed by atoms with Crippen LogP contribution >= 0.6 is 0 Å². The number of hydrogen-bond donors (Lipinski definition) is 2. The highest BCUT2D eigenvalue weighted by atomic mass is 16.5. The van der Waals surface area contributed by atoms with Crippen molar-refractivity contribution in [2.45, 2.75) is 34.1 Å². The summed E-state index contributed by atoms with van der Waals surface area (Å²) in [6.07, 6.45) is 0.267. The molecule has 2 rings (SSSR count). The number of rotatable bonds is 8. The fourth-order valence-electron chi connectivity index (χ4n) is 3.26. The molecule has 0 spiro atoms. The SMILES string of the molecule is COC(=O)c1c(C)[nH]c(C(=O)OCCCOC(=O)c2[nH]c(C)c(C(=O)OC)c2C)c1C. The molecule has 0 fully saturated rings. The van der Waals surface area contributed by atoms with Gasteiger partial charge in [0.2, 0.25) is 0 Å². The number of hydrogen-bond acceptors (Lipinski definition) is 8. The third-order valence-corrected chi connectivity index (χ3v) is 4.82. The lowest BCUT2D eigenvalue weighted by molar-refractivity contribution is 0.0388. The lowest BCUT2D eigenvalue weighted by atomic mass is 10.1. The van der Waals surface area contributed by atoms with Crippen LogP contribution in [0.3, 0.4) is 0 Å². The first kappa shape index (κ1) is 23.7. The molecule has 10 heteroatoms. The number of H-pyrrole nitrogens is 2. The van der Waals surface area contributed by atoms with Gasteiger partial charge in [0.25, 0.3) is 0 Å². The standard InChI is InChI=1S/C21H26N2O8/c1-10-14(18(24)28-5)12(3)22-16(10)20(26)30-8-7-9-31-21(27)17-11(2)15(13(4)23-17)19(25)29-6/h22-23H,7-9H2,1-6H3. The van der Waals surface area contributed by atoms with E-state index in [1.54, 1.807) is 27.7 Å². The van der Waals surface area contributed by atoms with Gasteiger partial charge in [-0.2, -0.15) is 0 Å². The molecule has 2 aromatic heterocycles. The van der Waals surface area contributed by atoms with Gasteiger partial charge in [-0.1, -0.05) is 0 Å². The maximum Gasteiger partial charge on any atom is 0.355 e. The Balaban J connectivity index is 1.88. The number of esters is 4. The van der Waals surface area contributed by atoms with Gasteiger partial charge in [-0.15, -0.1) is 0 Å². The predicted octanol–water partition coefficient (Wildman–Crippen LogP) is 2.55. The van der Waals surface area contributed by atoms with Crippen LogP contribution in [0.25, 0.3) is 0 Å². The Labute approximate surface area is 179 Å². The monoisotopic (exact) mass is 434 g/mol. The quantitative estimate of drug-likeness (QED) is 0.367. The van der Waals surface area contributed by atoms with Crippen LogP contribution in [0.15, 0.2) is 0 Å². The zero-order chi connectivity index (χ0) is 23.3. The zero-order valence-corrected chi connectivity index (χ0v) is 18.4. The summed E-state index contributed by atoms with van der Waals surface area (Å²) in [4.78, 5) is 53.8. The first-order chi connectivity index (χ1) is 14.6. The Morgan fingerprint density at radius 3 is 1.32 bits per heavy atom. The molecule has 0 aliphatic rings. The van der Waals surface area contributed by atoms with Crippen LogP contribution in [0.5, 0.6) is 0 Å². The number of aryl methyl sites for hydroxylation is 2. The molecule has 0 radical (unpaired) electrons. The van der Waals surface area contributed by atoms with Crippen molar-refractivity contribution in [3.05, 3.63) is 45.0 Å². The van der Waals surface area contributed by atoms with Crippen molar-refractivity contribution in [1.29, 1.82) is 0 Å². The van der Waals surface area contributed by atoms with E-state index in [9.17, 15) is 19.2 Å². The van der Waals surface area contributed by atoms with Crippen molar-refractivity contribution in [2.75, 3.05) is 27.4 Å². The normalized spacial score (nSPS) is 10.5. The van der Waals surface area contributed by atoms with Gasteiger partial charge in [-0.3, -0.25) is 0 Å². The largest absolute Gasteiger partial charge is 0.465 e. The molecule has 10 nitrogen and oxygen atoms in total. The minimum Gasteiger partial charge on any atom is -0.465 e. The second kappa shape index (κ2) is 9.96. The fraction of sp³-hybridized carbons (Fsp3) is 0.429. The third-order valence-electron chi connectivity index (χ3n) is 4.82. The summed E-state index contributed by atoms with van der Waals surface area (Å²) in [6.45, 7) is 6.58. The Bertz CT molecular complexity index is 935. The number of ether oxygens (including phenoxy) is 4. The van der Waals surface area contributed by atoms with Crippen LogP contribution in [-0.4, -0.2) is 61.3 Å². The predicted molar refractivity (Wildman–Crippen MR) is 108 cm³/mol. The molecule has 0 unspecified atom stereocenters. The number of nitrogens with one attached hydrogen (secondary N) is 2. The maximum atomic E-state index is 12.3. The lowest BCUT2D eigenvalue weighted by Crippen LogP contribution is -2.13. The van der Waals surface area contributed by atoms with Gasteiger partial charge >= 0.3 is 23.9 Å². The molecule has 168 valence electrons. The molecule has 0 aliphatic carbocycles. The van der Waals surface area contributed by atoms with Crippen LogP contribution in [0, 0.1) is 27.7 Å². The van der Waals surface area contributed by atoms with Crippen LogP contribution in [-0.2, 0) is 18.9 Å². The van der Waals surface area contributed by atoms with E-state index in [-0.39, 0.29) is 31.0 Å². The van der Waals surface area contributed by atoms with Gasteiger partial charge in [-0.25, -0.2) is 19.2 Å². The Kier molecular flexibility index (Phi) is 7.62. The number of carbonyl (C=O) groups is 4. The van der Waals surface area contributed by atoms with Gasteiger partial charge in [0.1, 0.15) is 11.4 Å².